The topological polar surface area (TPSA) is 20.2 Å². The van der Waals surface area contributed by atoms with Gasteiger partial charge in [-0.3, -0.25) is 0 Å². The summed E-state index contributed by atoms with van der Waals surface area (Å²) >= 11 is 0. The number of aliphatic hydroxyl groups is 1. The minimum Gasteiger partial charge on any atom is -0.389 e. The maximum absolute atomic E-state index is 11.9. The van der Waals surface area contributed by atoms with Gasteiger partial charge in [0.1, 0.15) is 0 Å². The van der Waals surface area contributed by atoms with E-state index in [0.717, 1.165) is 42.4 Å². The summed E-state index contributed by atoms with van der Waals surface area (Å²) in [6, 6.07) is 4.03. The lowest BCUT2D eigenvalue weighted by molar-refractivity contribution is -0.123. The van der Waals surface area contributed by atoms with Crippen molar-refractivity contribution in [2.45, 2.75) is 109 Å². The second-order valence-corrected chi connectivity index (χ2v) is 16.6. The molecule has 0 amide bonds. The van der Waals surface area contributed by atoms with Crippen LogP contribution in [0.2, 0.25) is 18.1 Å². The molecule has 2 heteroatoms. The zero-order chi connectivity index (χ0) is 20.7. The van der Waals surface area contributed by atoms with Gasteiger partial charge in [0.05, 0.1) is 13.7 Å². The highest BCUT2D eigenvalue weighted by molar-refractivity contribution is 6.84. The number of allylic oxidation sites excluding steroid dienone is 2. The van der Waals surface area contributed by atoms with Gasteiger partial charge in [-0.15, -0.1) is 0 Å². The maximum Gasteiger partial charge on any atom is 0.0766 e. The SMILES string of the molecule is CC[Si](/C=C/CC1(O)CC[C@H]2[C@@H]3CCC4C=CCC[C@@H]4[C@H]3CC[C@@]21C)(CC)CC. The third-order valence-electron chi connectivity index (χ3n) is 10.8. The van der Waals surface area contributed by atoms with Crippen LogP contribution in [0.15, 0.2) is 23.9 Å². The molecule has 0 aliphatic heterocycles. The van der Waals surface area contributed by atoms with Crippen LogP contribution in [0.5, 0.6) is 0 Å². The molecular weight excluding hydrogens is 368 g/mol. The third-order valence-corrected chi connectivity index (χ3v) is 16.0. The minimum absolute atomic E-state index is 0.144. The van der Waals surface area contributed by atoms with E-state index in [0.29, 0.717) is 0 Å². The van der Waals surface area contributed by atoms with E-state index in [1.165, 1.54) is 63.1 Å². The smallest absolute Gasteiger partial charge is 0.0766 e. The Morgan fingerprint density at radius 1 is 0.931 bits per heavy atom. The summed E-state index contributed by atoms with van der Waals surface area (Å²) in [5.41, 5.74) is 2.29. The van der Waals surface area contributed by atoms with Crippen LogP contribution in [-0.2, 0) is 0 Å². The Bertz CT molecular complexity index is 626. The van der Waals surface area contributed by atoms with E-state index >= 15 is 0 Å². The van der Waals surface area contributed by atoms with Crippen molar-refractivity contribution < 1.29 is 5.11 Å². The van der Waals surface area contributed by atoms with Gasteiger partial charge < -0.3 is 5.11 Å². The lowest BCUT2D eigenvalue weighted by atomic mass is 9.49. The molecular formula is C27H46OSi. The van der Waals surface area contributed by atoms with Crippen LogP contribution in [0.25, 0.3) is 0 Å². The average Bonchev–Trinajstić information content (AvgIpc) is 3.02. The van der Waals surface area contributed by atoms with Crippen LogP contribution < -0.4 is 0 Å². The summed E-state index contributed by atoms with van der Waals surface area (Å²) in [7, 11) is -1.24. The van der Waals surface area contributed by atoms with E-state index in [2.05, 4.69) is 51.6 Å². The van der Waals surface area contributed by atoms with E-state index in [1.807, 2.05) is 0 Å². The molecule has 4 aliphatic carbocycles. The first kappa shape index (κ1) is 21.9. The quantitative estimate of drug-likeness (QED) is 0.352. The Kier molecular flexibility index (Phi) is 6.26. The molecule has 29 heavy (non-hydrogen) atoms. The molecule has 4 aliphatic rings. The van der Waals surface area contributed by atoms with Crippen molar-refractivity contribution in [3.63, 3.8) is 0 Å². The summed E-state index contributed by atoms with van der Waals surface area (Å²) in [5, 5.41) is 11.9. The molecule has 0 spiro atoms. The fourth-order valence-corrected chi connectivity index (χ4v) is 11.3. The zero-order valence-corrected chi connectivity index (χ0v) is 20.6. The van der Waals surface area contributed by atoms with Gasteiger partial charge in [-0.2, -0.15) is 0 Å². The van der Waals surface area contributed by atoms with Crippen molar-refractivity contribution in [2.75, 3.05) is 0 Å². The fraction of sp³-hybridized carbons (Fsp3) is 0.852. The van der Waals surface area contributed by atoms with Gasteiger partial charge in [0.15, 0.2) is 0 Å². The standard InChI is InChI=1S/C27H46OSi/c1-5-29(6-2,7-3)20-10-17-27(28)19-16-25-24-14-13-21-11-8-9-12-22(21)23(24)15-18-26(25,27)4/h8,10-11,20-25,28H,5-7,9,12-19H2,1-4H3/b20-10+/t21?,22-,23+,24+,25-,26-,27?/m0/s1. The fourth-order valence-electron chi connectivity index (χ4n) is 8.46. The summed E-state index contributed by atoms with van der Waals surface area (Å²) in [6.07, 6.45) is 18.8. The molecule has 1 N–H and O–H groups in total. The lowest BCUT2D eigenvalue weighted by Gasteiger charge is -2.56. The first-order valence-corrected chi connectivity index (χ1v) is 15.7. The molecule has 0 aromatic heterocycles. The van der Waals surface area contributed by atoms with Gasteiger partial charge in [0.2, 0.25) is 0 Å². The van der Waals surface area contributed by atoms with E-state index in [-0.39, 0.29) is 5.41 Å². The molecule has 4 rings (SSSR count). The molecule has 7 atom stereocenters. The normalized spacial score (nSPS) is 44.5. The highest BCUT2D eigenvalue weighted by atomic mass is 28.3. The summed E-state index contributed by atoms with van der Waals surface area (Å²) in [5.74, 6) is 4.40. The van der Waals surface area contributed by atoms with Crippen LogP contribution in [0.1, 0.15) is 85.5 Å². The van der Waals surface area contributed by atoms with E-state index in [4.69, 9.17) is 0 Å². The zero-order valence-electron chi connectivity index (χ0n) is 19.6. The second kappa shape index (κ2) is 8.30. The number of fused-ring (bicyclic) bond motifs is 5. The van der Waals surface area contributed by atoms with Crippen molar-refractivity contribution in [3.8, 4) is 0 Å². The van der Waals surface area contributed by atoms with Crippen LogP contribution in [0.3, 0.4) is 0 Å². The molecule has 3 saturated carbocycles. The van der Waals surface area contributed by atoms with Gasteiger partial charge in [-0.05, 0) is 92.8 Å². The third kappa shape index (κ3) is 3.55. The lowest BCUT2D eigenvalue weighted by Crippen LogP contribution is -2.53. The Balaban J connectivity index is 1.50. The van der Waals surface area contributed by atoms with Crippen molar-refractivity contribution in [1.29, 1.82) is 0 Å². The summed E-state index contributed by atoms with van der Waals surface area (Å²) in [6.45, 7) is 9.61. The predicted octanol–water partition coefficient (Wildman–Crippen LogP) is 7.53. The van der Waals surface area contributed by atoms with Crippen LogP contribution in [0.4, 0.5) is 0 Å². The Labute approximate surface area is 181 Å². The molecule has 1 nitrogen and oxygen atoms in total. The molecule has 2 unspecified atom stereocenters. The highest BCUT2D eigenvalue weighted by Crippen LogP contribution is 2.65. The monoisotopic (exact) mass is 414 g/mol. The molecule has 0 aromatic carbocycles. The summed E-state index contributed by atoms with van der Waals surface area (Å²) < 4.78 is 0. The number of rotatable bonds is 6. The van der Waals surface area contributed by atoms with Crippen LogP contribution >= 0.6 is 0 Å². The highest BCUT2D eigenvalue weighted by Gasteiger charge is 2.61. The molecule has 164 valence electrons. The van der Waals surface area contributed by atoms with Gasteiger partial charge in [0, 0.05) is 0 Å². The molecule has 0 heterocycles. The molecule has 0 radical (unpaired) electrons. The van der Waals surface area contributed by atoms with Crippen molar-refractivity contribution in [1.82, 2.24) is 0 Å². The largest absolute Gasteiger partial charge is 0.389 e. The van der Waals surface area contributed by atoms with Crippen molar-refractivity contribution >= 4 is 8.07 Å². The Hall–Kier alpha value is -0.343. The van der Waals surface area contributed by atoms with E-state index < -0.39 is 13.7 Å². The number of hydrogen-bond acceptors (Lipinski definition) is 1. The summed E-state index contributed by atoms with van der Waals surface area (Å²) in [4.78, 5) is 0. The van der Waals surface area contributed by atoms with Crippen LogP contribution in [-0.4, -0.2) is 18.8 Å². The Morgan fingerprint density at radius 3 is 2.41 bits per heavy atom. The Morgan fingerprint density at radius 2 is 1.69 bits per heavy atom. The molecule has 0 bridgehead atoms. The van der Waals surface area contributed by atoms with Crippen LogP contribution in [0, 0.1) is 35.0 Å². The van der Waals surface area contributed by atoms with Gasteiger partial charge in [0.25, 0.3) is 0 Å². The molecule has 0 aromatic rings. The minimum atomic E-state index is -1.24. The first-order valence-electron chi connectivity index (χ1n) is 13.0. The average molecular weight is 415 g/mol. The first-order chi connectivity index (χ1) is 13.9. The molecule has 0 saturated heterocycles. The van der Waals surface area contributed by atoms with E-state index in [9.17, 15) is 5.11 Å². The van der Waals surface area contributed by atoms with Crippen molar-refractivity contribution in [2.24, 2.45) is 35.0 Å². The predicted molar refractivity (Wildman–Crippen MR) is 128 cm³/mol. The maximum atomic E-state index is 11.9. The van der Waals surface area contributed by atoms with Gasteiger partial charge in [-0.1, -0.05) is 69.8 Å². The van der Waals surface area contributed by atoms with E-state index in [1.54, 1.807) is 0 Å². The van der Waals surface area contributed by atoms with Gasteiger partial charge in [-0.25, -0.2) is 0 Å². The van der Waals surface area contributed by atoms with Crippen molar-refractivity contribution in [3.05, 3.63) is 23.9 Å². The number of hydrogen-bond donors (Lipinski definition) is 1. The van der Waals surface area contributed by atoms with Gasteiger partial charge >= 0.3 is 0 Å². The second-order valence-electron chi connectivity index (χ2n) is 11.4. The molecule has 3 fully saturated rings.